The van der Waals surface area contributed by atoms with Crippen molar-refractivity contribution in [2.45, 2.75) is 70.0 Å². The minimum Gasteiger partial charge on any atom is -0.292 e. The molecule has 0 saturated heterocycles. The molecule has 2 nitrogen and oxygen atoms in total. The molecule has 0 radical (unpaired) electrons. The minimum atomic E-state index is -0.391. The fourth-order valence-corrected chi connectivity index (χ4v) is 5.70. The van der Waals surface area contributed by atoms with Gasteiger partial charge in [0.15, 0.2) is 0 Å². The normalized spacial score (nSPS) is 16.4. The van der Waals surface area contributed by atoms with E-state index in [4.69, 9.17) is 0 Å². The molecule has 1 saturated carbocycles. The first-order valence-electron chi connectivity index (χ1n) is 12.6. The van der Waals surface area contributed by atoms with Crippen LogP contribution in [0.1, 0.15) is 62.1 Å². The zero-order valence-corrected chi connectivity index (χ0v) is 21.8. The highest BCUT2D eigenvalue weighted by Gasteiger charge is 2.44. The van der Waals surface area contributed by atoms with Crippen LogP contribution in [0.4, 0.5) is 0 Å². The molecule has 0 spiro atoms. The summed E-state index contributed by atoms with van der Waals surface area (Å²) in [5, 5.41) is 10.6. The van der Waals surface area contributed by atoms with Gasteiger partial charge in [-0.25, -0.2) is 0 Å². The molecular formula is C31H35BrN2. The molecule has 3 aromatic carbocycles. The summed E-state index contributed by atoms with van der Waals surface area (Å²) in [6.07, 6.45) is 6.59. The van der Waals surface area contributed by atoms with Crippen molar-refractivity contribution in [3.63, 3.8) is 0 Å². The molecule has 1 aliphatic rings. The maximum atomic E-state index is 10.6. The quantitative estimate of drug-likeness (QED) is 0.257. The first-order valence-corrected chi connectivity index (χ1v) is 13.4. The number of halogens is 1. The zero-order chi connectivity index (χ0) is 23.8. The van der Waals surface area contributed by atoms with Crippen molar-refractivity contribution in [1.82, 2.24) is 4.90 Å². The van der Waals surface area contributed by atoms with E-state index < -0.39 is 5.41 Å². The highest BCUT2D eigenvalue weighted by atomic mass is 79.9. The second-order valence-electron chi connectivity index (χ2n) is 9.69. The lowest BCUT2D eigenvalue weighted by atomic mass is 9.60. The summed E-state index contributed by atoms with van der Waals surface area (Å²) in [5.41, 5.74) is 3.48. The Morgan fingerprint density at radius 2 is 1.47 bits per heavy atom. The Morgan fingerprint density at radius 1 is 0.912 bits per heavy atom. The van der Waals surface area contributed by atoms with Gasteiger partial charge in [0.05, 0.1) is 11.5 Å². The monoisotopic (exact) mass is 514 g/mol. The summed E-state index contributed by atoms with van der Waals surface area (Å²) >= 11 is 3.57. The van der Waals surface area contributed by atoms with E-state index >= 15 is 0 Å². The second kappa shape index (κ2) is 11.8. The first kappa shape index (κ1) is 24.7. The van der Waals surface area contributed by atoms with Crippen molar-refractivity contribution in [2.24, 2.45) is 5.92 Å². The van der Waals surface area contributed by atoms with Gasteiger partial charge in [-0.15, -0.1) is 0 Å². The average Bonchev–Trinajstić information content (AvgIpc) is 2.84. The zero-order valence-electron chi connectivity index (χ0n) is 20.2. The largest absolute Gasteiger partial charge is 0.292 e. The third-order valence-electron chi connectivity index (χ3n) is 7.68. The van der Waals surface area contributed by atoms with Crippen LogP contribution in [-0.2, 0) is 18.5 Å². The first-order chi connectivity index (χ1) is 16.6. The number of hydrogen-bond donors (Lipinski definition) is 0. The van der Waals surface area contributed by atoms with E-state index in [-0.39, 0.29) is 0 Å². The topological polar surface area (TPSA) is 27.0 Å². The summed E-state index contributed by atoms with van der Waals surface area (Å²) in [5.74, 6) is 0.466. The van der Waals surface area contributed by atoms with Crippen LogP contribution in [-0.4, -0.2) is 10.9 Å². The molecule has 0 heterocycles. The van der Waals surface area contributed by atoms with Crippen molar-refractivity contribution in [3.8, 4) is 6.07 Å². The van der Waals surface area contributed by atoms with Crippen LogP contribution >= 0.6 is 15.9 Å². The molecule has 0 aliphatic heterocycles. The van der Waals surface area contributed by atoms with Crippen molar-refractivity contribution >= 4 is 15.9 Å². The summed E-state index contributed by atoms with van der Waals surface area (Å²) in [6.45, 7) is 4.15. The maximum Gasteiger partial charge on any atom is 0.0851 e. The molecular weight excluding hydrogens is 480 g/mol. The molecule has 0 bridgehead atoms. The lowest BCUT2D eigenvalue weighted by Gasteiger charge is -2.42. The van der Waals surface area contributed by atoms with Gasteiger partial charge in [0.2, 0.25) is 0 Å². The highest BCUT2D eigenvalue weighted by Crippen LogP contribution is 2.47. The molecule has 0 aromatic heterocycles. The smallest absolute Gasteiger partial charge is 0.0851 e. The van der Waals surface area contributed by atoms with E-state index in [2.05, 4.69) is 119 Å². The number of hydrogen-bond acceptors (Lipinski definition) is 2. The molecule has 176 valence electrons. The summed E-state index contributed by atoms with van der Waals surface area (Å²) < 4.78 is 1.07. The van der Waals surface area contributed by atoms with E-state index in [9.17, 15) is 5.26 Å². The Kier molecular flexibility index (Phi) is 8.59. The Morgan fingerprint density at radius 3 is 1.91 bits per heavy atom. The van der Waals surface area contributed by atoms with Gasteiger partial charge in [0.1, 0.15) is 0 Å². The van der Waals surface area contributed by atoms with Crippen LogP contribution in [0.2, 0.25) is 0 Å². The summed E-state index contributed by atoms with van der Waals surface area (Å²) in [7, 11) is 0. The standard InChI is InChI=1S/C31H35BrN2/c1-2-30(34(22-25-10-5-3-6-11-25)23-26-12-7-4-8-13-26)20-21-31(24-33,27-14-9-15-27)28-16-18-29(32)19-17-28/h3-8,10-13,16-19,27,30H,2,9,14-15,20-23H2,1H3. The van der Waals surface area contributed by atoms with Gasteiger partial charge in [-0.2, -0.15) is 5.26 Å². The van der Waals surface area contributed by atoms with Crippen LogP contribution in [0.5, 0.6) is 0 Å². The van der Waals surface area contributed by atoms with Gasteiger partial charge in [-0.05, 0) is 66.8 Å². The molecule has 0 amide bonds. The Balaban J connectivity index is 1.58. The fourth-order valence-electron chi connectivity index (χ4n) is 5.43. The second-order valence-corrected chi connectivity index (χ2v) is 10.6. The third-order valence-corrected chi connectivity index (χ3v) is 8.21. The predicted octanol–water partition coefficient (Wildman–Crippen LogP) is 8.27. The average molecular weight is 516 g/mol. The molecule has 3 heteroatoms. The Labute approximate surface area is 213 Å². The van der Waals surface area contributed by atoms with Gasteiger partial charge in [-0.3, -0.25) is 4.90 Å². The van der Waals surface area contributed by atoms with Crippen molar-refractivity contribution in [3.05, 3.63) is 106 Å². The van der Waals surface area contributed by atoms with Crippen LogP contribution in [0, 0.1) is 17.2 Å². The predicted molar refractivity (Wildman–Crippen MR) is 144 cm³/mol. The molecule has 4 rings (SSSR count). The molecule has 2 unspecified atom stereocenters. The minimum absolute atomic E-state index is 0.391. The van der Waals surface area contributed by atoms with Crippen LogP contribution < -0.4 is 0 Å². The van der Waals surface area contributed by atoms with E-state index in [1.165, 1.54) is 23.1 Å². The van der Waals surface area contributed by atoms with Crippen LogP contribution in [0.15, 0.2) is 89.4 Å². The highest BCUT2D eigenvalue weighted by molar-refractivity contribution is 9.10. The van der Waals surface area contributed by atoms with E-state index in [0.717, 1.165) is 49.7 Å². The lowest BCUT2D eigenvalue weighted by Crippen LogP contribution is -2.41. The number of nitrogens with zero attached hydrogens (tertiary/aromatic N) is 2. The lowest BCUT2D eigenvalue weighted by molar-refractivity contribution is 0.136. The molecule has 2 atom stereocenters. The molecule has 1 aliphatic carbocycles. The van der Waals surface area contributed by atoms with Gasteiger partial charge in [0, 0.05) is 23.6 Å². The summed E-state index contributed by atoms with van der Waals surface area (Å²) in [4.78, 5) is 2.62. The Bertz CT molecular complexity index is 1010. The molecule has 34 heavy (non-hydrogen) atoms. The van der Waals surface area contributed by atoms with E-state index in [1.54, 1.807) is 0 Å². The summed E-state index contributed by atoms with van der Waals surface area (Å²) in [6, 6.07) is 33.3. The SMILES string of the molecule is CCC(CCC(C#N)(c1ccc(Br)cc1)C1CCC1)N(Cc1ccccc1)Cc1ccccc1. The third kappa shape index (κ3) is 5.80. The van der Waals surface area contributed by atoms with Crippen molar-refractivity contribution < 1.29 is 0 Å². The fraction of sp³-hybridized carbons (Fsp3) is 0.387. The van der Waals surface area contributed by atoms with Crippen molar-refractivity contribution in [1.29, 1.82) is 5.26 Å². The van der Waals surface area contributed by atoms with Gasteiger partial charge >= 0.3 is 0 Å². The number of rotatable bonds is 11. The number of benzene rings is 3. The maximum absolute atomic E-state index is 10.6. The van der Waals surface area contributed by atoms with Gasteiger partial charge < -0.3 is 0 Å². The Hall–Kier alpha value is -2.41. The van der Waals surface area contributed by atoms with Crippen molar-refractivity contribution in [2.75, 3.05) is 0 Å². The van der Waals surface area contributed by atoms with Gasteiger partial charge in [-0.1, -0.05) is 102 Å². The molecule has 3 aromatic rings. The molecule has 1 fully saturated rings. The van der Waals surface area contributed by atoms with E-state index in [0.29, 0.717) is 12.0 Å². The van der Waals surface area contributed by atoms with Gasteiger partial charge in [0.25, 0.3) is 0 Å². The van der Waals surface area contributed by atoms with Crippen LogP contribution in [0.3, 0.4) is 0 Å². The van der Waals surface area contributed by atoms with Crippen LogP contribution in [0.25, 0.3) is 0 Å². The number of nitriles is 1. The van der Waals surface area contributed by atoms with E-state index in [1.807, 2.05) is 0 Å². The molecule has 0 N–H and O–H groups in total.